The molecule has 1 aliphatic rings. The van der Waals surface area contributed by atoms with Gasteiger partial charge >= 0.3 is 0 Å². The second-order valence-corrected chi connectivity index (χ2v) is 18.1. The molecule has 0 aromatic rings. The molecular formula is C45H83N15O14. The van der Waals surface area contributed by atoms with Gasteiger partial charge in [-0.25, -0.2) is 0 Å². The molecule has 11 amide bonds. The van der Waals surface area contributed by atoms with Gasteiger partial charge in [0.15, 0.2) is 0 Å². The molecule has 422 valence electrons. The average Bonchev–Trinajstić information content (AvgIpc) is 3.33. The lowest BCUT2D eigenvalue weighted by Gasteiger charge is -2.27. The number of nitrogens with two attached hydrogens (primary N) is 4. The molecule has 0 radical (unpaired) electrons. The van der Waals surface area contributed by atoms with Crippen LogP contribution in [0, 0.1) is 0 Å². The molecule has 22 N–H and O–H groups in total. The highest BCUT2D eigenvalue weighted by atomic mass is 16.3. The summed E-state index contributed by atoms with van der Waals surface area (Å²) < 4.78 is 0. The molecule has 12 atom stereocenters. The maximum Gasteiger partial charge on any atom is 0.245 e. The number of unbranched alkanes of at least 4 members (excludes halogenated alkanes) is 4. The number of carbonyl (C=O) groups is 11. The molecule has 1 aliphatic heterocycles. The minimum atomic E-state index is -1.70. The maximum atomic E-state index is 14.0. The van der Waals surface area contributed by atoms with Crippen molar-refractivity contribution in [3.63, 3.8) is 0 Å². The number of hydrogen-bond donors (Lipinski definition) is 18. The van der Waals surface area contributed by atoms with Crippen LogP contribution in [0.5, 0.6) is 0 Å². The number of hydrogen-bond acceptors (Lipinski definition) is 18. The molecule has 1 rings (SSSR count). The molecule has 0 aliphatic carbocycles. The number of aliphatic hydroxyl groups is 3. The molecule has 29 nitrogen and oxygen atoms in total. The molecular weight excluding hydrogens is 975 g/mol. The first-order valence-corrected chi connectivity index (χ1v) is 25.1. The molecule has 74 heavy (non-hydrogen) atoms. The highest BCUT2D eigenvalue weighted by molar-refractivity contribution is 5.98. The van der Waals surface area contributed by atoms with Gasteiger partial charge in [-0.15, -0.1) is 0 Å². The highest BCUT2D eigenvalue weighted by Crippen LogP contribution is 2.08. The topological polar surface area (TPSA) is 485 Å². The van der Waals surface area contributed by atoms with Crippen molar-refractivity contribution in [1.29, 1.82) is 0 Å². The fourth-order valence-electron chi connectivity index (χ4n) is 7.33. The first-order chi connectivity index (χ1) is 35.0. The summed E-state index contributed by atoms with van der Waals surface area (Å²) >= 11 is 0. The van der Waals surface area contributed by atoms with Crippen LogP contribution in [0.1, 0.15) is 105 Å². The van der Waals surface area contributed by atoms with Crippen LogP contribution in [0.25, 0.3) is 0 Å². The van der Waals surface area contributed by atoms with Crippen LogP contribution in [-0.2, 0) is 52.7 Å². The first-order valence-electron chi connectivity index (χ1n) is 25.1. The van der Waals surface area contributed by atoms with E-state index in [0.29, 0.717) is 6.42 Å². The van der Waals surface area contributed by atoms with Crippen LogP contribution in [0.4, 0.5) is 0 Å². The Bertz CT molecular complexity index is 1880. The van der Waals surface area contributed by atoms with Gasteiger partial charge in [0.2, 0.25) is 65.0 Å². The van der Waals surface area contributed by atoms with Crippen LogP contribution < -0.4 is 81.4 Å². The zero-order valence-electron chi connectivity index (χ0n) is 43.1. The van der Waals surface area contributed by atoms with E-state index in [2.05, 4.69) is 65.4 Å². The lowest BCUT2D eigenvalue weighted by Crippen LogP contribution is -2.61. The smallest absolute Gasteiger partial charge is 0.245 e. The third-order valence-corrected chi connectivity index (χ3v) is 11.6. The third-order valence-electron chi connectivity index (χ3n) is 11.6. The van der Waals surface area contributed by atoms with Crippen molar-refractivity contribution in [2.45, 2.75) is 178 Å². The fraction of sp³-hybridized carbons (Fsp3) is 0.756. The zero-order valence-corrected chi connectivity index (χ0v) is 43.1. The molecule has 0 spiro atoms. The molecule has 1 fully saturated rings. The minimum absolute atomic E-state index is 0.00257. The van der Waals surface area contributed by atoms with Crippen molar-refractivity contribution < 1.29 is 68.1 Å². The zero-order chi connectivity index (χ0) is 56.1. The van der Waals surface area contributed by atoms with E-state index in [9.17, 15) is 68.1 Å². The maximum absolute atomic E-state index is 14.0. The van der Waals surface area contributed by atoms with Gasteiger partial charge in [-0.1, -0.05) is 32.6 Å². The second-order valence-electron chi connectivity index (χ2n) is 18.1. The van der Waals surface area contributed by atoms with Gasteiger partial charge < -0.3 is 96.7 Å². The summed E-state index contributed by atoms with van der Waals surface area (Å²) in [4.78, 5) is 148. The van der Waals surface area contributed by atoms with E-state index in [0.717, 1.165) is 32.6 Å². The Kier molecular flexibility index (Phi) is 31.3. The summed E-state index contributed by atoms with van der Waals surface area (Å²) in [5.41, 5.74) is 22.9. The second kappa shape index (κ2) is 35.2. The molecule has 29 heteroatoms. The van der Waals surface area contributed by atoms with E-state index in [1.165, 1.54) is 20.8 Å². The van der Waals surface area contributed by atoms with Gasteiger partial charge in [0, 0.05) is 13.0 Å². The minimum Gasteiger partial charge on any atom is -0.391 e. The number of nitrogens with one attached hydrogen (secondary N) is 11. The quantitative estimate of drug-likeness (QED) is 0.0399. The Hall–Kier alpha value is -6.11. The Morgan fingerprint density at radius 2 is 1.11 bits per heavy atom. The lowest BCUT2D eigenvalue weighted by atomic mass is 10.1. The Labute approximate surface area is 430 Å². The van der Waals surface area contributed by atoms with Gasteiger partial charge in [-0.05, 0) is 92.4 Å². The predicted molar refractivity (Wildman–Crippen MR) is 267 cm³/mol. The molecule has 0 saturated carbocycles. The van der Waals surface area contributed by atoms with E-state index in [-0.39, 0.29) is 58.3 Å². The summed E-state index contributed by atoms with van der Waals surface area (Å²) in [6, 6.07) is -13.7. The predicted octanol–water partition coefficient (Wildman–Crippen LogP) is -8.10. The standard InChI is InChI=1S/C45H83N15O14/c1-6-7-8-9-10-11-32(64)53-28(13-18-47)41(70)60-36(26(5)63)44(73)52-23(2)37(66)54-31-16-21-50-43(72)34(24(3)61)59-42(71)30(15-20-49)56-39(68)29(14-19-48)57-45(74)35(25(4)62)58-33(65)22-51-38(67)27(12-17-46)55-40(31)69/h23-31,34-36,61-63H,6-22,46-49H2,1-5H3,(H,50,72)(H,51,67)(H,52,73)(H,53,64)(H,54,66)(H,55,69)(H,56,68)(H,57,74)(H,58,65)(H,59,71)(H,60,70)/t23-,24+,25+,26+,27-,28-,29-,30-,31-,34-,35-,36-/m0/s1. The van der Waals surface area contributed by atoms with Crippen molar-refractivity contribution >= 4 is 65.0 Å². The molecule has 0 aromatic heterocycles. The number of rotatable bonds is 24. The largest absolute Gasteiger partial charge is 0.391 e. The van der Waals surface area contributed by atoms with Gasteiger partial charge in [-0.3, -0.25) is 52.7 Å². The normalized spacial score (nSPS) is 23.5. The van der Waals surface area contributed by atoms with Crippen LogP contribution >= 0.6 is 0 Å². The average molecular weight is 1060 g/mol. The molecule has 1 heterocycles. The van der Waals surface area contributed by atoms with Gasteiger partial charge in [0.25, 0.3) is 0 Å². The highest BCUT2D eigenvalue weighted by Gasteiger charge is 2.36. The first kappa shape index (κ1) is 65.9. The third kappa shape index (κ3) is 23.8. The van der Waals surface area contributed by atoms with Crippen molar-refractivity contribution in [1.82, 2.24) is 58.5 Å². The SMILES string of the molecule is CCCCCCCC(=O)N[C@@H](CCN)C(=O)N[C@H](C(=O)N[C@@H](C)C(=O)N[C@H]1CCNC(=O)[C@H]([C@@H](C)O)NC(=O)[C@H](CCN)NC(=O)[C@H](CCN)NC(=O)[C@H]([C@@H](C)O)NC(=O)CNC(=O)[C@H](CCN)NC1=O)[C@@H](C)O. The van der Waals surface area contributed by atoms with E-state index < -0.39 is 157 Å². The van der Waals surface area contributed by atoms with Crippen LogP contribution in [-0.4, -0.2) is 192 Å². The van der Waals surface area contributed by atoms with Gasteiger partial charge in [0.05, 0.1) is 24.9 Å². The number of amides is 11. The number of aliphatic hydroxyl groups excluding tert-OH is 3. The fourth-order valence-corrected chi connectivity index (χ4v) is 7.33. The van der Waals surface area contributed by atoms with Crippen molar-refractivity contribution in [2.75, 3.05) is 39.3 Å². The van der Waals surface area contributed by atoms with Crippen molar-refractivity contribution in [2.24, 2.45) is 22.9 Å². The Balaban J connectivity index is 3.53. The van der Waals surface area contributed by atoms with Crippen molar-refractivity contribution in [3.05, 3.63) is 0 Å². The Morgan fingerprint density at radius 1 is 0.581 bits per heavy atom. The molecule has 0 bridgehead atoms. The monoisotopic (exact) mass is 1060 g/mol. The summed E-state index contributed by atoms with van der Waals surface area (Å²) in [5, 5.41) is 57.9. The summed E-state index contributed by atoms with van der Waals surface area (Å²) in [5.74, 6) is -10.3. The molecule has 0 unspecified atom stereocenters. The number of carbonyl (C=O) groups excluding carboxylic acids is 11. The van der Waals surface area contributed by atoms with Gasteiger partial charge in [0.1, 0.15) is 54.4 Å². The summed E-state index contributed by atoms with van der Waals surface area (Å²) in [6.07, 6.45) is -1.17. The van der Waals surface area contributed by atoms with E-state index in [1.54, 1.807) is 0 Å². The van der Waals surface area contributed by atoms with Crippen molar-refractivity contribution in [3.8, 4) is 0 Å². The summed E-state index contributed by atoms with van der Waals surface area (Å²) in [6.45, 7) is 5.02. The van der Waals surface area contributed by atoms with E-state index in [1.807, 2.05) is 0 Å². The van der Waals surface area contributed by atoms with E-state index in [4.69, 9.17) is 22.9 Å². The van der Waals surface area contributed by atoms with Gasteiger partial charge in [-0.2, -0.15) is 0 Å². The summed E-state index contributed by atoms with van der Waals surface area (Å²) in [7, 11) is 0. The molecule has 1 saturated heterocycles. The lowest BCUT2D eigenvalue weighted by molar-refractivity contribution is -0.136. The van der Waals surface area contributed by atoms with Crippen LogP contribution in [0.3, 0.4) is 0 Å². The van der Waals surface area contributed by atoms with Crippen LogP contribution in [0.15, 0.2) is 0 Å². The van der Waals surface area contributed by atoms with E-state index >= 15 is 0 Å². The molecule has 0 aromatic carbocycles. The Morgan fingerprint density at radius 3 is 1.65 bits per heavy atom. The van der Waals surface area contributed by atoms with Crippen LogP contribution in [0.2, 0.25) is 0 Å².